The lowest BCUT2D eigenvalue weighted by Crippen LogP contribution is -2.49. The number of hydrogen-bond acceptors (Lipinski definition) is 4. The molecule has 1 aromatic heterocycles. The molecule has 120 valence electrons. The molecule has 1 fully saturated rings. The summed E-state index contributed by atoms with van der Waals surface area (Å²) in [7, 11) is 0. The first-order valence-corrected chi connectivity index (χ1v) is 7.95. The molecular weight excluding hydrogens is 288 g/mol. The average molecular weight is 310 g/mol. The minimum absolute atomic E-state index is 0.133. The Kier molecular flexibility index (Phi) is 4.28. The summed E-state index contributed by atoms with van der Waals surface area (Å²) < 4.78 is 0. The van der Waals surface area contributed by atoms with Crippen LogP contribution < -0.4 is 4.90 Å². The van der Waals surface area contributed by atoms with Crippen molar-refractivity contribution in [1.29, 1.82) is 0 Å². The van der Waals surface area contributed by atoms with Crippen LogP contribution in [0.15, 0.2) is 30.6 Å². The Morgan fingerprint density at radius 1 is 0.957 bits per heavy atom. The second kappa shape index (κ2) is 6.36. The highest BCUT2D eigenvalue weighted by Gasteiger charge is 2.25. The third-order valence-corrected chi connectivity index (χ3v) is 4.29. The second-order valence-electron chi connectivity index (χ2n) is 6.10. The van der Waals surface area contributed by atoms with Gasteiger partial charge in [0.1, 0.15) is 0 Å². The predicted molar refractivity (Wildman–Crippen MR) is 90.8 cm³/mol. The Bertz CT molecular complexity index is 683. The van der Waals surface area contributed by atoms with Crippen LogP contribution in [0.1, 0.15) is 27.0 Å². The first-order valence-electron chi connectivity index (χ1n) is 7.95. The fourth-order valence-corrected chi connectivity index (χ4v) is 3.24. The quantitative estimate of drug-likeness (QED) is 0.854. The molecule has 0 bridgehead atoms. The maximum absolute atomic E-state index is 12.9. The molecule has 0 N–H and O–H groups in total. The summed E-state index contributed by atoms with van der Waals surface area (Å²) in [5.41, 5.74) is 4.16. The number of aryl methyl sites for hydroxylation is 3. The minimum atomic E-state index is 0.133. The van der Waals surface area contributed by atoms with E-state index in [1.807, 2.05) is 24.8 Å². The summed E-state index contributed by atoms with van der Waals surface area (Å²) in [4.78, 5) is 25.5. The van der Waals surface area contributed by atoms with Crippen LogP contribution in [0.25, 0.3) is 0 Å². The lowest BCUT2D eigenvalue weighted by molar-refractivity contribution is 0.0744. The molecule has 0 unspecified atom stereocenters. The van der Waals surface area contributed by atoms with Crippen LogP contribution in [0.3, 0.4) is 0 Å². The topological polar surface area (TPSA) is 49.3 Å². The highest BCUT2D eigenvalue weighted by Crippen LogP contribution is 2.20. The van der Waals surface area contributed by atoms with Gasteiger partial charge in [0.25, 0.3) is 5.91 Å². The van der Waals surface area contributed by atoms with Crippen molar-refractivity contribution in [3.05, 3.63) is 52.8 Å². The normalized spacial score (nSPS) is 14.9. The molecule has 3 rings (SSSR count). The van der Waals surface area contributed by atoms with Gasteiger partial charge in [0.2, 0.25) is 5.95 Å². The van der Waals surface area contributed by atoms with Gasteiger partial charge in [0.05, 0.1) is 0 Å². The molecule has 5 heteroatoms. The third kappa shape index (κ3) is 3.18. The number of rotatable bonds is 2. The first-order chi connectivity index (χ1) is 11.1. The summed E-state index contributed by atoms with van der Waals surface area (Å²) in [5.74, 6) is 0.871. The number of carbonyl (C=O) groups is 1. The molecule has 0 spiro atoms. The highest BCUT2D eigenvalue weighted by atomic mass is 16.2. The van der Waals surface area contributed by atoms with E-state index < -0.39 is 0 Å². The van der Waals surface area contributed by atoms with Crippen LogP contribution in [-0.2, 0) is 0 Å². The average Bonchev–Trinajstić information content (AvgIpc) is 2.55. The Balaban J connectivity index is 1.72. The standard InChI is InChI=1S/C18H22N4O/c1-13-11-14(2)16(15(3)12-13)17(23)21-7-9-22(10-8-21)18-19-5-4-6-20-18/h4-6,11-12H,7-10H2,1-3H3. The smallest absolute Gasteiger partial charge is 0.254 e. The Morgan fingerprint density at radius 3 is 2.09 bits per heavy atom. The van der Waals surface area contributed by atoms with E-state index in [0.717, 1.165) is 35.7 Å². The number of piperazine rings is 1. The summed E-state index contributed by atoms with van der Waals surface area (Å²) in [6.07, 6.45) is 3.50. The van der Waals surface area contributed by atoms with Gasteiger partial charge in [-0.2, -0.15) is 0 Å². The Hall–Kier alpha value is -2.43. The molecule has 1 aliphatic rings. The Labute approximate surface area is 137 Å². The second-order valence-corrected chi connectivity index (χ2v) is 6.10. The summed E-state index contributed by atoms with van der Waals surface area (Å²) in [6, 6.07) is 5.97. The van der Waals surface area contributed by atoms with Gasteiger partial charge in [-0.25, -0.2) is 9.97 Å². The van der Waals surface area contributed by atoms with E-state index in [-0.39, 0.29) is 5.91 Å². The van der Waals surface area contributed by atoms with E-state index in [2.05, 4.69) is 33.9 Å². The molecular formula is C18H22N4O. The zero-order chi connectivity index (χ0) is 16.4. The van der Waals surface area contributed by atoms with Crippen LogP contribution >= 0.6 is 0 Å². The summed E-state index contributed by atoms with van der Waals surface area (Å²) in [6.45, 7) is 9.02. The number of carbonyl (C=O) groups excluding carboxylic acids is 1. The molecule has 2 aromatic rings. The van der Waals surface area contributed by atoms with Gasteiger partial charge >= 0.3 is 0 Å². The van der Waals surface area contributed by atoms with Gasteiger partial charge in [-0.05, 0) is 38.0 Å². The molecule has 1 amide bonds. The van der Waals surface area contributed by atoms with E-state index in [9.17, 15) is 4.79 Å². The van der Waals surface area contributed by atoms with Gasteiger partial charge in [-0.15, -0.1) is 0 Å². The van der Waals surface area contributed by atoms with Crippen molar-refractivity contribution >= 4 is 11.9 Å². The lowest BCUT2D eigenvalue weighted by Gasteiger charge is -2.35. The highest BCUT2D eigenvalue weighted by molar-refractivity contribution is 5.97. The van der Waals surface area contributed by atoms with E-state index in [4.69, 9.17) is 0 Å². The zero-order valence-corrected chi connectivity index (χ0v) is 13.9. The number of benzene rings is 1. The molecule has 1 aliphatic heterocycles. The molecule has 0 atom stereocenters. The zero-order valence-electron chi connectivity index (χ0n) is 13.9. The van der Waals surface area contributed by atoms with Crippen molar-refractivity contribution in [3.63, 3.8) is 0 Å². The third-order valence-electron chi connectivity index (χ3n) is 4.29. The fraction of sp³-hybridized carbons (Fsp3) is 0.389. The molecule has 23 heavy (non-hydrogen) atoms. The van der Waals surface area contributed by atoms with Gasteiger partial charge in [-0.1, -0.05) is 17.7 Å². The molecule has 0 radical (unpaired) electrons. The maximum Gasteiger partial charge on any atom is 0.254 e. The molecule has 1 aromatic carbocycles. The summed E-state index contributed by atoms with van der Waals surface area (Å²) in [5, 5.41) is 0. The first kappa shape index (κ1) is 15.5. The largest absolute Gasteiger partial charge is 0.337 e. The Morgan fingerprint density at radius 2 is 1.52 bits per heavy atom. The van der Waals surface area contributed by atoms with Crippen molar-refractivity contribution in [2.24, 2.45) is 0 Å². The van der Waals surface area contributed by atoms with E-state index >= 15 is 0 Å². The fourth-order valence-electron chi connectivity index (χ4n) is 3.24. The van der Waals surface area contributed by atoms with Crippen LogP contribution in [0.2, 0.25) is 0 Å². The van der Waals surface area contributed by atoms with E-state index in [0.29, 0.717) is 13.1 Å². The van der Waals surface area contributed by atoms with Gasteiger partial charge in [-0.3, -0.25) is 4.79 Å². The summed E-state index contributed by atoms with van der Waals surface area (Å²) >= 11 is 0. The molecule has 5 nitrogen and oxygen atoms in total. The number of amides is 1. The van der Waals surface area contributed by atoms with Crippen LogP contribution in [0.5, 0.6) is 0 Å². The maximum atomic E-state index is 12.9. The molecule has 0 saturated carbocycles. The van der Waals surface area contributed by atoms with Crippen molar-refractivity contribution in [3.8, 4) is 0 Å². The van der Waals surface area contributed by atoms with Gasteiger partial charge in [0.15, 0.2) is 0 Å². The van der Waals surface area contributed by atoms with Crippen LogP contribution in [-0.4, -0.2) is 47.0 Å². The van der Waals surface area contributed by atoms with Crippen molar-refractivity contribution in [2.75, 3.05) is 31.1 Å². The predicted octanol–water partition coefficient (Wildman–Crippen LogP) is 2.36. The van der Waals surface area contributed by atoms with Crippen molar-refractivity contribution < 1.29 is 4.79 Å². The van der Waals surface area contributed by atoms with E-state index in [1.165, 1.54) is 5.56 Å². The number of anilines is 1. The van der Waals surface area contributed by atoms with E-state index in [1.54, 1.807) is 12.4 Å². The van der Waals surface area contributed by atoms with Gasteiger partial charge < -0.3 is 9.80 Å². The van der Waals surface area contributed by atoms with Crippen molar-refractivity contribution in [2.45, 2.75) is 20.8 Å². The monoisotopic (exact) mass is 310 g/mol. The van der Waals surface area contributed by atoms with Gasteiger partial charge in [0, 0.05) is 44.1 Å². The number of aromatic nitrogens is 2. The minimum Gasteiger partial charge on any atom is -0.337 e. The molecule has 2 heterocycles. The number of hydrogen-bond donors (Lipinski definition) is 0. The molecule has 0 aliphatic carbocycles. The SMILES string of the molecule is Cc1cc(C)c(C(=O)N2CCN(c3ncccn3)CC2)c(C)c1. The van der Waals surface area contributed by atoms with Crippen LogP contribution in [0.4, 0.5) is 5.95 Å². The molecule has 1 saturated heterocycles. The number of nitrogens with zero attached hydrogens (tertiary/aromatic N) is 4. The lowest BCUT2D eigenvalue weighted by atomic mass is 9.98. The van der Waals surface area contributed by atoms with Crippen molar-refractivity contribution in [1.82, 2.24) is 14.9 Å². The van der Waals surface area contributed by atoms with Crippen LogP contribution in [0, 0.1) is 20.8 Å².